The topological polar surface area (TPSA) is 55.1 Å². The van der Waals surface area contributed by atoms with Gasteiger partial charge >= 0.3 is 0 Å². The van der Waals surface area contributed by atoms with Gasteiger partial charge in [-0.2, -0.15) is 0 Å². The van der Waals surface area contributed by atoms with Crippen molar-refractivity contribution in [3.63, 3.8) is 0 Å². The van der Waals surface area contributed by atoms with E-state index in [1.165, 1.54) is 0 Å². The second-order valence-corrected chi connectivity index (χ2v) is 5.28. The van der Waals surface area contributed by atoms with Gasteiger partial charge in [-0.15, -0.1) is 0 Å². The highest BCUT2D eigenvalue weighted by Crippen LogP contribution is 2.21. The van der Waals surface area contributed by atoms with Gasteiger partial charge in [0.1, 0.15) is 11.5 Å². The zero-order valence-electron chi connectivity index (χ0n) is 12.3. The van der Waals surface area contributed by atoms with Crippen molar-refractivity contribution in [2.45, 2.75) is 33.7 Å². The van der Waals surface area contributed by atoms with Crippen molar-refractivity contribution in [1.82, 2.24) is 10.3 Å². The molecule has 0 bridgehead atoms. The molecule has 4 nitrogen and oxygen atoms in total. The van der Waals surface area contributed by atoms with Crippen molar-refractivity contribution in [3.05, 3.63) is 53.2 Å². The molecule has 0 aliphatic carbocycles. The lowest BCUT2D eigenvalue weighted by atomic mass is 10.00. The van der Waals surface area contributed by atoms with Crippen LogP contribution in [0.1, 0.15) is 47.5 Å². The van der Waals surface area contributed by atoms with Gasteiger partial charge in [0, 0.05) is 6.20 Å². The summed E-state index contributed by atoms with van der Waals surface area (Å²) in [5.74, 6) is 1.51. The molecule has 0 aliphatic heterocycles. The van der Waals surface area contributed by atoms with Crippen LogP contribution in [0.25, 0.3) is 0 Å². The van der Waals surface area contributed by atoms with E-state index in [-0.39, 0.29) is 17.9 Å². The van der Waals surface area contributed by atoms with Gasteiger partial charge in [0.25, 0.3) is 5.91 Å². The first kappa shape index (κ1) is 14.3. The smallest absolute Gasteiger partial charge is 0.255 e. The molecule has 0 aromatic carbocycles. The van der Waals surface area contributed by atoms with E-state index in [1.807, 2.05) is 25.1 Å². The Kier molecular flexibility index (Phi) is 4.23. The molecular formula is C16H20N2O2. The maximum absolute atomic E-state index is 12.4. The normalized spacial score (nSPS) is 12.4. The number of aromatic nitrogens is 1. The van der Waals surface area contributed by atoms with E-state index in [1.54, 1.807) is 19.2 Å². The number of pyridine rings is 1. The summed E-state index contributed by atoms with van der Waals surface area (Å²) in [6.45, 7) is 7.76. The third-order valence-corrected chi connectivity index (χ3v) is 3.25. The Morgan fingerprint density at radius 2 is 2.05 bits per heavy atom. The van der Waals surface area contributed by atoms with Crippen molar-refractivity contribution in [2.24, 2.45) is 5.92 Å². The number of nitrogens with zero attached hydrogens (tertiary/aromatic N) is 1. The molecular weight excluding hydrogens is 252 g/mol. The number of furan rings is 1. The molecule has 0 saturated carbocycles. The van der Waals surface area contributed by atoms with Gasteiger partial charge in [-0.3, -0.25) is 9.78 Å². The lowest BCUT2D eigenvalue weighted by Crippen LogP contribution is -2.32. The Labute approximate surface area is 119 Å². The van der Waals surface area contributed by atoms with E-state index in [2.05, 4.69) is 24.1 Å². The molecule has 2 rings (SSSR count). The van der Waals surface area contributed by atoms with Crippen molar-refractivity contribution < 1.29 is 9.21 Å². The highest BCUT2D eigenvalue weighted by Gasteiger charge is 2.22. The fourth-order valence-corrected chi connectivity index (χ4v) is 2.22. The van der Waals surface area contributed by atoms with Gasteiger partial charge in [0.2, 0.25) is 0 Å². The number of amides is 1. The van der Waals surface area contributed by atoms with Crippen LogP contribution in [-0.2, 0) is 0 Å². The fourth-order valence-electron chi connectivity index (χ4n) is 2.22. The van der Waals surface area contributed by atoms with Crippen LogP contribution in [0.3, 0.4) is 0 Å². The molecule has 0 spiro atoms. The average molecular weight is 272 g/mol. The highest BCUT2D eigenvalue weighted by molar-refractivity contribution is 5.95. The molecule has 1 amide bonds. The van der Waals surface area contributed by atoms with Crippen LogP contribution in [0.2, 0.25) is 0 Å². The van der Waals surface area contributed by atoms with Crippen molar-refractivity contribution >= 4 is 5.91 Å². The summed E-state index contributed by atoms with van der Waals surface area (Å²) >= 11 is 0. The number of hydrogen-bond acceptors (Lipinski definition) is 3. The van der Waals surface area contributed by atoms with Gasteiger partial charge in [0.15, 0.2) is 0 Å². The minimum Gasteiger partial charge on any atom is -0.466 e. The number of carbonyl (C=O) groups is 1. The van der Waals surface area contributed by atoms with Gasteiger partial charge in [-0.1, -0.05) is 19.9 Å². The standard InChI is InChI=1S/C16H20N2O2/c1-10(2)15(14-7-5-6-8-17-14)18-16(19)13-9-11(3)20-12(13)4/h5-10,15H,1-4H3,(H,18,19). The van der Waals surface area contributed by atoms with Crippen LogP contribution in [0.5, 0.6) is 0 Å². The first-order valence-corrected chi connectivity index (χ1v) is 6.78. The van der Waals surface area contributed by atoms with Gasteiger partial charge < -0.3 is 9.73 Å². The lowest BCUT2D eigenvalue weighted by Gasteiger charge is -2.21. The number of aryl methyl sites for hydroxylation is 2. The van der Waals surface area contributed by atoms with E-state index in [4.69, 9.17) is 4.42 Å². The Bertz CT molecular complexity index is 588. The maximum atomic E-state index is 12.4. The van der Waals surface area contributed by atoms with Crippen molar-refractivity contribution in [3.8, 4) is 0 Å². The SMILES string of the molecule is Cc1cc(C(=O)NC(c2ccccn2)C(C)C)c(C)o1. The van der Waals surface area contributed by atoms with Gasteiger partial charge in [0.05, 0.1) is 17.3 Å². The van der Waals surface area contributed by atoms with E-state index >= 15 is 0 Å². The number of carbonyl (C=O) groups excluding carboxylic acids is 1. The zero-order valence-corrected chi connectivity index (χ0v) is 12.3. The summed E-state index contributed by atoms with van der Waals surface area (Å²) in [6.07, 6.45) is 1.74. The summed E-state index contributed by atoms with van der Waals surface area (Å²) in [5, 5.41) is 3.04. The number of nitrogens with one attached hydrogen (secondary N) is 1. The molecule has 2 aromatic heterocycles. The second kappa shape index (κ2) is 5.90. The molecule has 0 saturated heterocycles. The number of hydrogen-bond donors (Lipinski definition) is 1. The van der Waals surface area contributed by atoms with Crippen LogP contribution in [0.4, 0.5) is 0 Å². The second-order valence-electron chi connectivity index (χ2n) is 5.28. The molecule has 0 aliphatic rings. The van der Waals surface area contributed by atoms with E-state index in [0.717, 1.165) is 11.5 Å². The Hall–Kier alpha value is -2.10. The molecule has 4 heteroatoms. The third-order valence-electron chi connectivity index (χ3n) is 3.25. The molecule has 0 fully saturated rings. The van der Waals surface area contributed by atoms with Crippen LogP contribution in [0.15, 0.2) is 34.9 Å². The molecule has 2 heterocycles. The summed E-state index contributed by atoms with van der Waals surface area (Å²) in [5.41, 5.74) is 1.46. The Morgan fingerprint density at radius 1 is 1.30 bits per heavy atom. The van der Waals surface area contributed by atoms with Gasteiger partial charge in [-0.25, -0.2) is 0 Å². The molecule has 2 aromatic rings. The maximum Gasteiger partial charge on any atom is 0.255 e. The van der Waals surface area contributed by atoms with E-state index in [0.29, 0.717) is 11.3 Å². The molecule has 1 unspecified atom stereocenters. The monoisotopic (exact) mass is 272 g/mol. The number of rotatable bonds is 4. The van der Waals surface area contributed by atoms with E-state index < -0.39 is 0 Å². The van der Waals surface area contributed by atoms with Crippen LogP contribution >= 0.6 is 0 Å². The predicted octanol–water partition coefficient (Wildman–Crippen LogP) is 3.42. The van der Waals surface area contributed by atoms with Crippen molar-refractivity contribution in [2.75, 3.05) is 0 Å². The molecule has 1 N–H and O–H groups in total. The van der Waals surface area contributed by atoms with Crippen LogP contribution < -0.4 is 5.32 Å². The average Bonchev–Trinajstić information content (AvgIpc) is 2.75. The van der Waals surface area contributed by atoms with Crippen LogP contribution in [0, 0.1) is 19.8 Å². The molecule has 1 atom stereocenters. The largest absolute Gasteiger partial charge is 0.466 e. The third kappa shape index (κ3) is 3.07. The Balaban J connectivity index is 2.21. The predicted molar refractivity (Wildman–Crippen MR) is 77.5 cm³/mol. The summed E-state index contributed by atoms with van der Waals surface area (Å²) in [7, 11) is 0. The Morgan fingerprint density at radius 3 is 2.55 bits per heavy atom. The first-order chi connectivity index (χ1) is 9.49. The quantitative estimate of drug-likeness (QED) is 0.927. The van der Waals surface area contributed by atoms with Gasteiger partial charge in [-0.05, 0) is 38.0 Å². The van der Waals surface area contributed by atoms with Crippen molar-refractivity contribution in [1.29, 1.82) is 0 Å². The van der Waals surface area contributed by atoms with Crippen LogP contribution in [-0.4, -0.2) is 10.9 Å². The highest BCUT2D eigenvalue weighted by atomic mass is 16.3. The molecule has 0 radical (unpaired) electrons. The lowest BCUT2D eigenvalue weighted by molar-refractivity contribution is 0.0923. The minimum atomic E-state index is -0.122. The summed E-state index contributed by atoms with van der Waals surface area (Å²) in [4.78, 5) is 16.7. The summed E-state index contributed by atoms with van der Waals surface area (Å²) < 4.78 is 5.41. The minimum absolute atomic E-state index is 0.113. The fraction of sp³-hybridized carbons (Fsp3) is 0.375. The molecule has 106 valence electrons. The molecule has 20 heavy (non-hydrogen) atoms. The van der Waals surface area contributed by atoms with E-state index in [9.17, 15) is 4.79 Å². The summed E-state index contributed by atoms with van der Waals surface area (Å²) in [6, 6.07) is 7.38. The first-order valence-electron chi connectivity index (χ1n) is 6.78. The zero-order chi connectivity index (χ0) is 14.7.